The van der Waals surface area contributed by atoms with Gasteiger partial charge in [0.1, 0.15) is 12.3 Å². The van der Waals surface area contributed by atoms with Crippen LogP contribution in [0.3, 0.4) is 0 Å². The van der Waals surface area contributed by atoms with E-state index in [9.17, 15) is 18.0 Å². The summed E-state index contributed by atoms with van der Waals surface area (Å²) in [5.41, 5.74) is 0.926. The molecule has 3 rings (SSSR count). The molecule has 27 heavy (non-hydrogen) atoms. The first-order chi connectivity index (χ1) is 13.0. The number of sulfonamides is 1. The fourth-order valence-corrected chi connectivity index (χ4v) is 4.98. The molecule has 0 aliphatic carbocycles. The first kappa shape index (κ1) is 19.3. The molecule has 0 spiro atoms. The van der Waals surface area contributed by atoms with Crippen LogP contribution in [0.2, 0.25) is 0 Å². The first-order valence-electron chi connectivity index (χ1n) is 8.89. The van der Waals surface area contributed by atoms with Gasteiger partial charge in [-0.25, -0.2) is 8.42 Å². The highest BCUT2D eigenvalue weighted by atomic mass is 32.2. The number of carbonyl (C=O) groups excluding carboxylic acids is 2. The lowest BCUT2D eigenvalue weighted by Gasteiger charge is -2.24. The van der Waals surface area contributed by atoms with Crippen molar-refractivity contribution in [1.82, 2.24) is 9.62 Å². The number of carbonyl (C=O) groups is 2. The largest absolute Gasteiger partial charge is 0.345 e. The van der Waals surface area contributed by atoms with Gasteiger partial charge in [-0.1, -0.05) is 48.5 Å². The maximum atomic E-state index is 12.9. The fourth-order valence-electron chi connectivity index (χ4n) is 3.30. The molecule has 0 aromatic heterocycles. The Balaban J connectivity index is 1.72. The Kier molecular flexibility index (Phi) is 6.03. The Bertz CT molecular complexity index is 885. The van der Waals surface area contributed by atoms with Crippen molar-refractivity contribution in [2.75, 3.05) is 6.54 Å². The van der Waals surface area contributed by atoms with Gasteiger partial charge in [-0.3, -0.25) is 4.79 Å². The summed E-state index contributed by atoms with van der Waals surface area (Å²) in [7, 11) is -3.75. The van der Waals surface area contributed by atoms with Crippen LogP contribution in [0.5, 0.6) is 0 Å². The highest BCUT2D eigenvalue weighted by molar-refractivity contribution is 7.89. The van der Waals surface area contributed by atoms with E-state index in [1.807, 2.05) is 30.3 Å². The summed E-state index contributed by atoms with van der Waals surface area (Å²) in [4.78, 5) is 24.3. The van der Waals surface area contributed by atoms with E-state index in [1.54, 1.807) is 18.2 Å². The van der Waals surface area contributed by atoms with Gasteiger partial charge < -0.3 is 10.1 Å². The van der Waals surface area contributed by atoms with E-state index in [1.165, 1.54) is 16.4 Å². The van der Waals surface area contributed by atoms with Gasteiger partial charge in [-0.2, -0.15) is 4.31 Å². The van der Waals surface area contributed by atoms with Crippen molar-refractivity contribution in [2.24, 2.45) is 0 Å². The Morgan fingerprint density at radius 1 is 1.11 bits per heavy atom. The minimum Gasteiger partial charge on any atom is -0.345 e. The third kappa shape index (κ3) is 4.43. The summed E-state index contributed by atoms with van der Waals surface area (Å²) in [6.45, 7) is 0.291. The number of amides is 1. The van der Waals surface area contributed by atoms with Crippen molar-refractivity contribution in [1.29, 1.82) is 0 Å². The molecule has 0 unspecified atom stereocenters. The van der Waals surface area contributed by atoms with E-state index < -0.39 is 28.0 Å². The maximum absolute atomic E-state index is 12.9. The molecule has 2 atom stereocenters. The molecule has 1 fully saturated rings. The zero-order chi connectivity index (χ0) is 19.3. The fraction of sp³-hybridized carbons (Fsp3) is 0.300. The van der Waals surface area contributed by atoms with Crippen molar-refractivity contribution in [3.63, 3.8) is 0 Å². The molecular formula is C20H22N2O4S. The molecule has 7 heteroatoms. The standard InChI is InChI=1S/C20H22N2O4S/c23-15-17(14-16-8-3-1-4-9-16)21-20(24)19-12-7-13-22(19)27(25,26)18-10-5-2-6-11-18/h1-6,8-11,15,17,19H,7,12-14H2,(H,21,24)/t17-,19-/m0/s1. The van der Waals surface area contributed by atoms with Crippen molar-refractivity contribution in [3.8, 4) is 0 Å². The molecule has 2 aromatic rings. The lowest BCUT2D eigenvalue weighted by Crippen LogP contribution is -2.49. The van der Waals surface area contributed by atoms with Crippen LogP contribution in [0, 0.1) is 0 Å². The van der Waals surface area contributed by atoms with Crippen molar-refractivity contribution >= 4 is 22.2 Å². The molecule has 2 aromatic carbocycles. The van der Waals surface area contributed by atoms with Gasteiger partial charge in [0.2, 0.25) is 15.9 Å². The molecule has 1 saturated heterocycles. The van der Waals surface area contributed by atoms with Gasteiger partial charge in [0.25, 0.3) is 0 Å². The zero-order valence-corrected chi connectivity index (χ0v) is 15.6. The molecule has 1 N–H and O–H groups in total. The van der Waals surface area contributed by atoms with Crippen LogP contribution in [0.25, 0.3) is 0 Å². The second-order valence-electron chi connectivity index (χ2n) is 6.53. The minimum atomic E-state index is -3.75. The number of nitrogens with zero attached hydrogens (tertiary/aromatic N) is 1. The summed E-state index contributed by atoms with van der Waals surface area (Å²) < 4.78 is 27.0. The minimum absolute atomic E-state index is 0.168. The highest BCUT2D eigenvalue weighted by Gasteiger charge is 2.39. The molecule has 142 valence electrons. The molecule has 1 aliphatic heterocycles. The lowest BCUT2D eigenvalue weighted by atomic mass is 10.1. The van der Waals surface area contributed by atoms with Crippen LogP contribution in [0.4, 0.5) is 0 Å². The summed E-state index contributed by atoms with van der Waals surface area (Å²) in [6.07, 6.45) is 2.10. The van der Waals surface area contributed by atoms with Gasteiger partial charge >= 0.3 is 0 Å². The Hall–Kier alpha value is -2.51. The summed E-state index contributed by atoms with van der Waals surface area (Å²) in [5, 5.41) is 2.70. The van der Waals surface area contributed by atoms with E-state index in [0.717, 1.165) is 5.56 Å². The number of rotatable bonds is 7. The predicted molar refractivity (Wildman–Crippen MR) is 101 cm³/mol. The Labute approximate surface area is 159 Å². The molecule has 1 amide bonds. The average Bonchev–Trinajstić information content (AvgIpc) is 3.20. The van der Waals surface area contributed by atoms with E-state index in [2.05, 4.69) is 5.32 Å². The SMILES string of the molecule is O=C[C@H](Cc1ccccc1)NC(=O)[C@@H]1CCCN1S(=O)(=O)c1ccccc1. The third-order valence-corrected chi connectivity index (χ3v) is 6.57. The van der Waals surface area contributed by atoms with E-state index in [0.29, 0.717) is 32.1 Å². The summed E-state index contributed by atoms with van der Waals surface area (Å²) in [5.74, 6) is -0.431. The van der Waals surface area contributed by atoms with Gasteiger partial charge in [0.15, 0.2) is 0 Å². The van der Waals surface area contributed by atoms with Crippen molar-refractivity contribution < 1.29 is 18.0 Å². The predicted octanol–water partition coefficient (Wildman–Crippen LogP) is 1.77. The number of hydrogen-bond acceptors (Lipinski definition) is 4. The Morgan fingerprint density at radius 2 is 1.74 bits per heavy atom. The maximum Gasteiger partial charge on any atom is 0.243 e. The molecule has 1 aliphatic rings. The zero-order valence-electron chi connectivity index (χ0n) is 14.8. The van der Waals surface area contributed by atoms with Crippen LogP contribution in [0.15, 0.2) is 65.6 Å². The van der Waals surface area contributed by atoms with E-state index in [4.69, 9.17) is 0 Å². The summed E-state index contributed by atoms with van der Waals surface area (Å²) >= 11 is 0. The normalized spacial score (nSPS) is 18.7. The average molecular weight is 386 g/mol. The molecule has 0 radical (unpaired) electrons. The third-order valence-electron chi connectivity index (χ3n) is 4.65. The van der Waals surface area contributed by atoms with E-state index >= 15 is 0 Å². The topological polar surface area (TPSA) is 83.6 Å². The number of hydrogen-bond donors (Lipinski definition) is 1. The van der Waals surface area contributed by atoms with Crippen LogP contribution in [-0.2, 0) is 26.0 Å². The van der Waals surface area contributed by atoms with Gasteiger partial charge in [-0.15, -0.1) is 0 Å². The van der Waals surface area contributed by atoms with Gasteiger partial charge in [0.05, 0.1) is 10.9 Å². The monoisotopic (exact) mass is 386 g/mol. The molecule has 0 saturated carbocycles. The quantitative estimate of drug-likeness (QED) is 0.735. The van der Waals surface area contributed by atoms with Gasteiger partial charge in [0, 0.05) is 6.54 Å². The van der Waals surface area contributed by atoms with Gasteiger partial charge in [-0.05, 0) is 37.0 Å². The second kappa shape index (κ2) is 8.45. The molecule has 0 bridgehead atoms. The van der Waals surface area contributed by atoms with Crippen molar-refractivity contribution in [3.05, 3.63) is 66.2 Å². The molecule has 6 nitrogen and oxygen atoms in total. The molecule has 1 heterocycles. The van der Waals surface area contributed by atoms with Crippen LogP contribution >= 0.6 is 0 Å². The van der Waals surface area contributed by atoms with Crippen molar-refractivity contribution in [2.45, 2.75) is 36.2 Å². The van der Waals surface area contributed by atoms with E-state index in [-0.39, 0.29) is 4.90 Å². The highest BCUT2D eigenvalue weighted by Crippen LogP contribution is 2.26. The van der Waals surface area contributed by atoms with Crippen LogP contribution < -0.4 is 5.32 Å². The Morgan fingerprint density at radius 3 is 2.37 bits per heavy atom. The molecular weight excluding hydrogens is 364 g/mol. The first-order valence-corrected chi connectivity index (χ1v) is 10.3. The van der Waals surface area contributed by atoms with Crippen LogP contribution in [0.1, 0.15) is 18.4 Å². The number of aldehydes is 1. The smallest absolute Gasteiger partial charge is 0.243 e. The van der Waals surface area contributed by atoms with Crippen LogP contribution in [-0.4, -0.2) is 43.5 Å². The lowest BCUT2D eigenvalue weighted by molar-refractivity contribution is -0.126. The summed E-state index contributed by atoms with van der Waals surface area (Å²) in [6, 6.07) is 16.0. The second-order valence-corrected chi connectivity index (χ2v) is 8.42. The number of benzene rings is 2. The number of nitrogens with one attached hydrogen (secondary N) is 1.